The predicted molar refractivity (Wildman–Crippen MR) is 61.7 cm³/mol. The average molecular weight is 245 g/mol. The number of nitrogens with zero attached hydrogens (tertiary/aromatic N) is 1. The van der Waals surface area contributed by atoms with E-state index in [1.165, 1.54) is 0 Å². The van der Waals surface area contributed by atoms with Crippen molar-refractivity contribution >= 4 is 15.7 Å². The molecule has 0 aromatic heterocycles. The summed E-state index contributed by atoms with van der Waals surface area (Å²) in [7, 11) is -2.85. The van der Waals surface area contributed by atoms with E-state index in [-0.39, 0.29) is 23.3 Å². The van der Waals surface area contributed by atoms with Gasteiger partial charge < -0.3 is 4.90 Å². The molecule has 2 saturated heterocycles. The van der Waals surface area contributed by atoms with Crippen LogP contribution in [0.4, 0.5) is 0 Å². The molecule has 2 rings (SSSR count). The first-order chi connectivity index (χ1) is 7.48. The lowest BCUT2D eigenvalue weighted by Gasteiger charge is -2.26. The van der Waals surface area contributed by atoms with Crippen LogP contribution in [0, 0.1) is 11.8 Å². The van der Waals surface area contributed by atoms with Gasteiger partial charge in [-0.05, 0) is 25.2 Å². The molecule has 0 saturated carbocycles. The van der Waals surface area contributed by atoms with Crippen LogP contribution < -0.4 is 0 Å². The van der Waals surface area contributed by atoms with Crippen LogP contribution in [0.3, 0.4) is 0 Å². The van der Waals surface area contributed by atoms with Crippen LogP contribution in [-0.2, 0) is 14.6 Å². The molecule has 0 N–H and O–H groups in total. The Balaban J connectivity index is 1.92. The molecule has 0 aromatic carbocycles. The molecule has 4 nitrogen and oxygen atoms in total. The van der Waals surface area contributed by atoms with Crippen molar-refractivity contribution in [1.82, 2.24) is 4.90 Å². The van der Waals surface area contributed by atoms with Crippen molar-refractivity contribution in [1.29, 1.82) is 0 Å². The van der Waals surface area contributed by atoms with Gasteiger partial charge in [-0.1, -0.05) is 6.92 Å². The second-order valence-electron chi connectivity index (χ2n) is 5.10. The van der Waals surface area contributed by atoms with Crippen molar-refractivity contribution in [2.45, 2.75) is 26.2 Å². The highest BCUT2D eigenvalue weighted by Gasteiger charge is 2.33. The molecular formula is C11H19NO3S. The van der Waals surface area contributed by atoms with Gasteiger partial charge in [0.05, 0.1) is 11.5 Å². The molecule has 1 unspecified atom stereocenters. The number of rotatable bonds is 1. The minimum atomic E-state index is -2.85. The maximum atomic E-state index is 12.1. The molecule has 2 fully saturated rings. The molecule has 1 atom stereocenters. The van der Waals surface area contributed by atoms with E-state index >= 15 is 0 Å². The van der Waals surface area contributed by atoms with Crippen LogP contribution in [0.5, 0.6) is 0 Å². The third kappa shape index (κ3) is 2.56. The van der Waals surface area contributed by atoms with Crippen LogP contribution in [0.1, 0.15) is 26.2 Å². The highest BCUT2D eigenvalue weighted by molar-refractivity contribution is 7.91. The third-order valence-electron chi connectivity index (χ3n) is 3.64. The Morgan fingerprint density at radius 2 is 1.81 bits per heavy atom. The van der Waals surface area contributed by atoms with Crippen LogP contribution in [0.2, 0.25) is 0 Å². The largest absolute Gasteiger partial charge is 0.342 e. The predicted octanol–water partition coefficient (Wildman–Crippen LogP) is 0.680. The van der Waals surface area contributed by atoms with E-state index in [9.17, 15) is 13.2 Å². The molecule has 5 heteroatoms. The number of carbonyl (C=O) groups is 1. The molecule has 2 aliphatic rings. The van der Waals surface area contributed by atoms with Crippen molar-refractivity contribution in [2.75, 3.05) is 24.6 Å². The molecule has 2 aliphatic heterocycles. The quantitative estimate of drug-likeness (QED) is 0.682. The van der Waals surface area contributed by atoms with E-state index in [1.54, 1.807) is 0 Å². The maximum Gasteiger partial charge on any atom is 0.225 e. The standard InChI is InChI=1S/C11H19NO3S/c1-9-2-5-12(8-9)11(13)10-3-6-16(14,15)7-4-10/h9-10H,2-8H2,1H3. The van der Waals surface area contributed by atoms with Gasteiger partial charge in [-0.2, -0.15) is 0 Å². The van der Waals surface area contributed by atoms with E-state index in [0.29, 0.717) is 18.8 Å². The summed E-state index contributed by atoms with van der Waals surface area (Å²) in [6.45, 7) is 3.85. The topological polar surface area (TPSA) is 54.5 Å². The number of carbonyl (C=O) groups excluding carboxylic acids is 1. The fraction of sp³-hybridized carbons (Fsp3) is 0.909. The number of amides is 1. The lowest BCUT2D eigenvalue weighted by Crippen LogP contribution is -2.38. The summed E-state index contributed by atoms with van der Waals surface area (Å²) in [5.41, 5.74) is 0. The Hall–Kier alpha value is -0.580. The number of hydrogen-bond donors (Lipinski definition) is 0. The van der Waals surface area contributed by atoms with Crippen molar-refractivity contribution in [2.24, 2.45) is 11.8 Å². The summed E-state index contributed by atoms with van der Waals surface area (Å²) in [5.74, 6) is 1.10. The van der Waals surface area contributed by atoms with E-state index in [0.717, 1.165) is 19.5 Å². The lowest BCUT2D eigenvalue weighted by molar-refractivity contribution is -0.134. The van der Waals surface area contributed by atoms with Gasteiger partial charge in [0.2, 0.25) is 5.91 Å². The normalized spacial score (nSPS) is 30.6. The molecule has 1 amide bonds. The molecule has 16 heavy (non-hydrogen) atoms. The van der Waals surface area contributed by atoms with E-state index < -0.39 is 9.84 Å². The van der Waals surface area contributed by atoms with Gasteiger partial charge in [0, 0.05) is 19.0 Å². The molecule has 0 radical (unpaired) electrons. The first-order valence-electron chi connectivity index (χ1n) is 5.97. The maximum absolute atomic E-state index is 12.1. The Bertz CT molecular complexity index is 363. The number of hydrogen-bond acceptors (Lipinski definition) is 3. The van der Waals surface area contributed by atoms with Gasteiger partial charge in [-0.25, -0.2) is 8.42 Å². The Morgan fingerprint density at radius 3 is 2.31 bits per heavy atom. The fourth-order valence-corrected chi connectivity index (χ4v) is 4.02. The zero-order valence-electron chi connectivity index (χ0n) is 9.68. The smallest absolute Gasteiger partial charge is 0.225 e. The fourth-order valence-electron chi connectivity index (χ4n) is 2.53. The molecule has 92 valence electrons. The molecule has 0 spiro atoms. The summed E-state index contributed by atoms with van der Waals surface area (Å²) in [5, 5.41) is 0. The molecule has 2 heterocycles. The molecule has 0 bridgehead atoms. The van der Waals surface area contributed by atoms with Gasteiger partial charge in [-0.3, -0.25) is 4.79 Å². The Morgan fingerprint density at radius 1 is 1.19 bits per heavy atom. The van der Waals surface area contributed by atoms with E-state index in [2.05, 4.69) is 6.92 Å². The van der Waals surface area contributed by atoms with Crippen LogP contribution >= 0.6 is 0 Å². The van der Waals surface area contributed by atoms with Gasteiger partial charge >= 0.3 is 0 Å². The second kappa shape index (κ2) is 4.35. The minimum Gasteiger partial charge on any atom is -0.342 e. The summed E-state index contributed by atoms with van der Waals surface area (Å²) >= 11 is 0. The van der Waals surface area contributed by atoms with Crippen molar-refractivity contribution in [3.8, 4) is 0 Å². The first-order valence-corrected chi connectivity index (χ1v) is 7.79. The number of sulfone groups is 1. The SMILES string of the molecule is CC1CCN(C(=O)C2CCS(=O)(=O)CC2)C1. The summed E-state index contributed by atoms with van der Waals surface area (Å²) in [6, 6.07) is 0. The van der Waals surface area contributed by atoms with Gasteiger partial charge in [0.15, 0.2) is 0 Å². The number of likely N-dealkylation sites (tertiary alicyclic amines) is 1. The van der Waals surface area contributed by atoms with Gasteiger partial charge in [-0.15, -0.1) is 0 Å². The summed E-state index contributed by atoms with van der Waals surface area (Å²) < 4.78 is 22.5. The highest BCUT2D eigenvalue weighted by atomic mass is 32.2. The summed E-state index contributed by atoms with van der Waals surface area (Å²) in [6.07, 6.45) is 2.12. The van der Waals surface area contributed by atoms with Gasteiger partial charge in [0.25, 0.3) is 0 Å². The van der Waals surface area contributed by atoms with E-state index in [1.807, 2.05) is 4.90 Å². The molecule has 0 aromatic rings. The van der Waals surface area contributed by atoms with Crippen LogP contribution in [-0.4, -0.2) is 43.8 Å². The zero-order valence-corrected chi connectivity index (χ0v) is 10.5. The first kappa shape index (κ1) is 11.9. The van der Waals surface area contributed by atoms with Crippen LogP contribution in [0.25, 0.3) is 0 Å². The van der Waals surface area contributed by atoms with Crippen molar-refractivity contribution in [3.05, 3.63) is 0 Å². The minimum absolute atomic E-state index is 0.0474. The van der Waals surface area contributed by atoms with Crippen molar-refractivity contribution in [3.63, 3.8) is 0 Å². The monoisotopic (exact) mass is 245 g/mol. The zero-order chi connectivity index (χ0) is 11.8. The summed E-state index contributed by atoms with van der Waals surface area (Å²) in [4.78, 5) is 14.0. The average Bonchev–Trinajstić information content (AvgIpc) is 2.64. The van der Waals surface area contributed by atoms with E-state index in [4.69, 9.17) is 0 Å². The third-order valence-corrected chi connectivity index (χ3v) is 5.35. The highest BCUT2D eigenvalue weighted by Crippen LogP contribution is 2.24. The van der Waals surface area contributed by atoms with Gasteiger partial charge in [0.1, 0.15) is 9.84 Å². The van der Waals surface area contributed by atoms with Crippen molar-refractivity contribution < 1.29 is 13.2 Å². The second-order valence-corrected chi connectivity index (χ2v) is 7.41. The Kier molecular flexibility index (Phi) is 3.24. The molecular weight excluding hydrogens is 226 g/mol. The Labute approximate surface area is 96.9 Å². The van der Waals surface area contributed by atoms with Crippen LogP contribution in [0.15, 0.2) is 0 Å². The molecule has 0 aliphatic carbocycles. The lowest BCUT2D eigenvalue weighted by atomic mass is 10.0.